The minimum Gasteiger partial charge on any atom is -0.460 e. The minimum absolute atomic E-state index is 0.0245. The summed E-state index contributed by atoms with van der Waals surface area (Å²) in [5.74, 6) is -7.20. The molecule has 2 atom stereocenters. The first-order valence-electron chi connectivity index (χ1n) is 6.39. The largest absolute Gasteiger partial charge is 0.460 e. The highest BCUT2D eigenvalue weighted by Crippen LogP contribution is 2.29. The number of hydrogen-bond acceptors (Lipinski definition) is 7. The van der Waals surface area contributed by atoms with Crippen molar-refractivity contribution in [1.82, 2.24) is 0 Å². The number of esters is 2. The molecule has 2 unspecified atom stereocenters. The Morgan fingerprint density at radius 1 is 0.900 bits per heavy atom. The highest BCUT2D eigenvalue weighted by molar-refractivity contribution is 6.43. The maximum atomic E-state index is 11.9. The van der Waals surface area contributed by atoms with Crippen LogP contribution in [0.15, 0.2) is 0 Å². The van der Waals surface area contributed by atoms with Crippen molar-refractivity contribution in [2.24, 2.45) is 11.8 Å². The third-order valence-electron chi connectivity index (χ3n) is 3.02. The molecule has 1 fully saturated rings. The number of ether oxygens (including phenoxy) is 2. The summed E-state index contributed by atoms with van der Waals surface area (Å²) < 4.78 is 9.06. The quantitative estimate of drug-likeness (QED) is 0.379. The van der Waals surface area contributed by atoms with Crippen LogP contribution in [-0.2, 0) is 33.4 Å². The number of carbonyl (C=O) groups is 5. The summed E-state index contributed by atoms with van der Waals surface area (Å²) in [6.45, 7) is 3.12. The highest BCUT2D eigenvalue weighted by atomic mass is 16.5. The number of Topliss-reactive ketones (excluding diaryl/α,β-unsaturated/α-hetero) is 3. The molecule has 110 valence electrons. The maximum absolute atomic E-state index is 11.9. The summed E-state index contributed by atoms with van der Waals surface area (Å²) >= 11 is 0. The molecule has 0 saturated heterocycles. The summed E-state index contributed by atoms with van der Waals surface area (Å²) in [6, 6.07) is 0. The van der Waals surface area contributed by atoms with Crippen LogP contribution in [0.1, 0.15) is 26.7 Å². The molecule has 0 aliphatic heterocycles. The molecule has 20 heavy (non-hydrogen) atoms. The van der Waals surface area contributed by atoms with Gasteiger partial charge in [0.15, 0.2) is 5.78 Å². The van der Waals surface area contributed by atoms with Gasteiger partial charge in [0.05, 0.1) is 25.0 Å². The summed E-state index contributed by atoms with van der Waals surface area (Å²) in [6.07, 6.45) is 0.124. The second kappa shape index (κ2) is 6.93. The average Bonchev–Trinajstić information content (AvgIpc) is 2.79. The molecule has 7 nitrogen and oxygen atoms in total. The molecule has 0 radical (unpaired) electrons. The van der Waals surface area contributed by atoms with Gasteiger partial charge in [-0.1, -0.05) is 0 Å². The van der Waals surface area contributed by atoms with Crippen LogP contribution < -0.4 is 0 Å². The molecule has 1 aliphatic rings. The Morgan fingerprint density at radius 2 is 1.25 bits per heavy atom. The Balaban J connectivity index is 2.73. The highest BCUT2D eigenvalue weighted by Gasteiger charge is 2.46. The van der Waals surface area contributed by atoms with E-state index in [1.54, 1.807) is 0 Å². The predicted octanol–water partition coefficient (Wildman–Crippen LogP) is -0.154. The van der Waals surface area contributed by atoms with E-state index in [4.69, 9.17) is 0 Å². The van der Waals surface area contributed by atoms with Crippen LogP contribution in [-0.4, -0.2) is 42.5 Å². The Bertz CT molecular complexity index is 412. The lowest BCUT2D eigenvalue weighted by molar-refractivity contribution is -0.158. The summed E-state index contributed by atoms with van der Waals surface area (Å²) in [4.78, 5) is 57.9. The molecule has 0 N–H and O–H groups in total. The smallest absolute Gasteiger partial charge is 0.375 e. The normalized spacial score (nSPS) is 21.4. The molecule has 0 aromatic carbocycles. The van der Waals surface area contributed by atoms with Crippen molar-refractivity contribution >= 4 is 29.3 Å². The van der Waals surface area contributed by atoms with E-state index >= 15 is 0 Å². The van der Waals surface area contributed by atoms with Gasteiger partial charge in [0, 0.05) is 0 Å². The molecule has 1 aliphatic carbocycles. The van der Waals surface area contributed by atoms with E-state index in [9.17, 15) is 24.0 Å². The van der Waals surface area contributed by atoms with Crippen molar-refractivity contribution in [2.75, 3.05) is 13.2 Å². The predicted molar refractivity (Wildman–Crippen MR) is 64.5 cm³/mol. The summed E-state index contributed by atoms with van der Waals surface area (Å²) in [5.41, 5.74) is 0. The van der Waals surface area contributed by atoms with Crippen LogP contribution in [0, 0.1) is 11.8 Å². The average molecular weight is 284 g/mol. The van der Waals surface area contributed by atoms with E-state index in [1.165, 1.54) is 13.8 Å². The van der Waals surface area contributed by atoms with Gasteiger partial charge in [-0.15, -0.1) is 0 Å². The second-order valence-electron chi connectivity index (χ2n) is 4.25. The van der Waals surface area contributed by atoms with Gasteiger partial charge in [-0.2, -0.15) is 0 Å². The Morgan fingerprint density at radius 3 is 1.55 bits per heavy atom. The van der Waals surface area contributed by atoms with E-state index in [-0.39, 0.29) is 26.1 Å². The van der Waals surface area contributed by atoms with Gasteiger partial charge in [0.2, 0.25) is 11.6 Å². The van der Waals surface area contributed by atoms with Crippen molar-refractivity contribution in [2.45, 2.75) is 26.7 Å². The molecule has 0 heterocycles. The molecule has 1 saturated carbocycles. The van der Waals surface area contributed by atoms with Crippen LogP contribution in [0.2, 0.25) is 0 Å². The lowest BCUT2D eigenvalue weighted by Crippen LogP contribution is -2.34. The van der Waals surface area contributed by atoms with E-state index in [0.29, 0.717) is 0 Å². The van der Waals surface area contributed by atoms with Crippen LogP contribution in [0.25, 0.3) is 0 Å². The SMILES string of the molecule is CCOC(=O)C(=O)C1CCC(C(=O)C(=O)OCC)C1=O. The first-order chi connectivity index (χ1) is 9.43. The first-order valence-corrected chi connectivity index (χ1v) is 6.39. The molecule has 7 heteroatoms. The van der Waals surface area contributed by atoms with Crippen molar-refractivity contribution in [3.63, 3.8) is 0 Å². The van der Waals surface area contributed by atoms with E-state index < -0.39 is 41.1 Å². The molecule has 0 aromatic rings. The molecule has 0 spiro atoms. The third kappa shape index (κ3) is 3.28. The third-order valence-corrected chi connectivity index (χ3v) is 3.02. The lowest BCUT2D eigenvalue weighted by Gasteiger charge is -2.08. The molecule has 0 bridgehead atoms. The van der Waals surface area contributed by atoms with Gasteiger partial charge in [-0.3, -0.25) is 14.4 Å². The molecule has 1 rings (SSSR count). The second-order valence-corrected chi connectivity index (χ2v) is 4.25. The van der Waals surface area contributed by atoms with Crippen molar-refractivity contribution in [3.8, 4) is 0 Å². The van der Waals surface area contributed by atoms with Gasteiger partial charge in [-0.25, -0.2) is 9.59 Å². The molecule has 0 amide bonds. The zero-order valence-electron chi connectivity index (χ0n) is 11.3. The Labute approximate surface area is 115 Å². The zero-order chi connectivity index (χ0) is 15.3. The van der Waals surface area contributed by atoms with E-state index in [2.05, 4.69) is 9.47 Å². The fourth-order valence-corrected chi connectivity index (χ4v) is 2.07. The monoisotopic (exact) mass is 284 g/mol. The topological polar surface area (TPSA) is 104 Å². The van der Waals surface area contributed by atoms with E-state index in [0.717, 1.165) is 0 Å². The summed E-state index contributed by atoms with van der Waals surface area (Å²) in [5, 5.41) is 0. The number of hydrogen-bond donors (Lipinski definition) is 0. The number of ketones is 3. The van der Waals surface area contributed by atoms with E-state index in [1.807, 2.05) is 0 Å². The molecular weight excluding hydrogens is 268 g/mol. The fourth-order valence-electron chi connectivity index (χ4n) is 2.07. The Kier molecular flexibility index (Phi) is 5.54. The van der Waals surface area contributed by atoms with Crippen molar-refractivity contribution < 1.29 is 33.4 Å². The minimum atomic E-state index is -1.20. The fraction of sp³-hybridized carbons (Fsp3) is 0.615. The Hall–Kier alpha value is -2.05. The maximum Gasteiger partial charge on any atom is 0.375 e. The number of carbonyl (C=O) groups excluding carboxylic acids is 5. The van der Waals surface area contributed by atoms with Crippen LogP contribution in [0.3, 0.4) is 0 Å². The molecular formula is C13H16O7. The first kappa shape index (κ1) is 16.0. The van der Waals surface area contributed by atoms with Crippen molar-refractivity contribution in [3.05, 3.63) is 0 Å². The van der Waals surface area contributed by atoms with Gasteiger partial charge >= 0.3 is 11.9 Å². The number of rotatable bonds is 6. The van der Waals surface area contributed by atoms with Crippen LogP contribution in [0.5, 0.6) is 0 Å². The molecule has 0 aromatic heterocycles. The van der Waals surface area contributed by atoms with Gasteiger partial charge in [-0.05, 0) is 26.7 Å². The lowest BCUT2D eigenvalue weighted by atomic mass is 9.96. The van der Waals surface area contributed by atoms with Crippen molar-refractivity contribution in [1.29, 1.82) is 0 Å². The summed E-state index contributed by atoms with van der Waals surface area (Å²) in [7, 11) is 0. The van der Waals surface area contributed by atoms with Gasteiger partial charge in [0.1, 0.15) is 0 Å². The standard InChI is InChI=1S/C13H16O7/c1-3-19-12(17)10(15)7-5-6-8(9(7)14)11(16)13(18)20-4-2/h7-8H,3-6H2,1-2H3. The van der Waals surface area contributed by atoms with Gasteiger partial charge in [0.25, 0.3) is 0 Å². The van der Waals surface area contributed by atoms with Crippen LogP contribution >= 0.6 is 0 Å². The van der Waals surface area contributed by atoms with Crippen LogP contribution in [0.4, 0.5) is 0 Å². The van der Waals surface area contributed by atoms with Gasteiger partial charge < -0.3 is 9.47 Å². The zero-order valence-corrected chi connectivity index (χ0v) is 11.3.